The number of ether oxygens (including phenoxy) is 1. The standard InChI is InChI=1S/C16H15F2N3OS/c1-10(11-3-8-15(22-2)14(18)9-11)20-21-16(23)19-13-6-4-12(17)5-7-13/h3-9H,1-2H3,(H2,19,21,23)/b20-10-. The molecule has 0 aliphatic heterocycles. The van der Waals surface area contributed by atoms with E-state index in [0.29, 0.717) is 17.0 Å². The number of anilines is 1. The first-order chi connectivity index (χ1) is 11.0. The Morgan fingerprint density at radius 2 is 1.83 bits per heavy atom. The molecule has 2 aromatic rings. The first kappa shape index (κ1) is 16.8. The van der Waals surface area contributed by atoms with Gasteiger partial charge in [-0.05, 0) is 61.6 Å². The summed E-state index contributed by atoms with van der Waals surface area (Å²) in [4.78, 5) is 0. The minimum absolute atomic E-state index is 0.169. The fraction of sp³-hybridized carbons (Fsp3) is 0.125. The highest BCUT2D eigenvalue weighted by Gasteiger charge is 2.06. The largest absolute Gasteiger partial charge is 0.494 e. The van der Waals surface area contributed by atoms with E-state index in [0.717, 1.165) is 0 Å². The number of benzene rings is 2. The molecule has 0 heterocycles. The third-order valence-corrected chi connectivity index (χ3v) is 3.19. The second kappa shape index (κ2) is 7.64. The number of nitrogens with one attached hydrogen (secondary N) is 2. The molecular weight excluding hydrogens is 320 g/mol. The van der Waals surface area contributed by atoms with Gasteiger partial charge in [0, 0.05) is 11.3 Å². The molecule has 0 saturated heterocycles. The van der Waals surface area contributed by atoms with Crippen LogP contribution in [0.2, 0.25) is 0 Å². The number of hydrogen-bond acceptors (Lipinski definition) is 3. The molecule has 2 N–H and O–H groups in total. The maximum absolute atomic E-state index is 13.7. The van der Waals surface area contributed by atoms with Crippen molar-refractivity contribution in [2.45, 2.75) is 6.92 Å². The molecule has 0 aliphatic carbocycles. The molecule has 2 rings (SSSR count). The van der Waals surface area contributed by atoms with E-state index >= 15 is 0 Å². The predicted octanol–water partition coefficient (Wildman–Crippen LogP) is 3.68. The Bertz CT molecular complexity index is 733. The van der Waals surface area contributed by atoms with Crippen LogP contribution in [0.1, 0.15) is 12.5 Å². The average Bonchev–Trinajstić information content (AvgIpc) is 2.54. The average molecular weight is 335 g/mol. The Morgan fingerprint density at radius 1 is 1.13 bits per heavy atom. The van der Waals surface area contributed by atoms with Gasteiger partial charge >= 0.3 is 0 Å². The topological polar surface area (TPSA) is 45.6 Å². The molecule has 0 spiro atoms. The van der Waals surface area contributed by atoms with Crippen molar-refractivity contribution in [1.29, 1.82) is 0 Å². The van der Waals surface area contributed by atoms with E-state index in [1.54, 1.807) is 25.1 Å². The van der Waals surface area contributed by atoms with Crippen molar-refractivity contribution in [2.75, 3.05) is 12.4 Å². The van der Waals surface area contributed by atoms with E-state index in [1.807, 2.05) is 0 Å². The highest BCUT2D eigenvalue weighted by atomic mass is 32.1. The molecule has 4 nitrogen and oxygen atoms in total. The molecule has 0 amide bonds. The Balaban J connectivity index is 1.99. The molecule has 2 aromatic carbocycles. The summed E-state index contributed by atoms with van der Waals surface area (Å²) < 4.78 is 31.3. The van der Waals surface area contributed by atoms with E-state index in [1.165, 1.54) is 31.4 Å². The summed E-state index contributed by atoms with van der Waals surface area (Å²) in [7, 11) is 1.40. The zero-order valence-corrected chi connectivity index (χ0v) is 13.4. The van der Waals surface area contributed by atoms with Gasteiger partial charge in [-0.2, -0.15) is 5.10 Å². The Kier molecular flexibility index (Phi) is 5.59. The van der Waals surface area contributed by atoms with Crippen molar-refractivity contribution in [1.82, 2.24) is 5.43 Å². The van der Waals surface area contributed by atoms with E-state index in [2.05, 4.69) is 15.8 Å². The van der Waals surface area contributed by atoms with Gasteiger partial charge in [-0.3, -0.25) is 5.43 Å². The summed E-state index contributed by atoms with van der Waals surface area (Å²) in [6.45, 7) is 1.72. The highest BCUT2D eigenvalue weighted by molar-refractivity contribution is 7.80. The first-order valence-electron chi connectivity index (χ1n) is 6.70. The lowest BCUT2D eigenvalue weighted by atomic mass is 10.1. The summed E-state index contributed by atoms with van der Waals surface area (Å²) in [5.41, 5.74) is 4.43. The van der Waals surface area contributed by atoms with Gasteiger partial charge in [-0.25, -0.2) is 8.78 Å². The van der Waals surface area contributed by atoms with Crippen LogP contribution in [0.3, 0.4) is 0 Å². The lowest BCUT2D eigenvalue weighted by Gasteiger charge is -2.08. The number of halogens is 2. The van der Waals surface area contributed by atoms with Crippen molar-refractivity contribution >= 4 is 28.7 Å². The third kappa shape index (κ3) is 4.72. The Labute approximate surface area is 138 Å². The number of hydrazone groups is 1. The van der Waals surface area contributed by atoms with Gasteiger partial charge in [0.05, 0.1) is 12.8 Å². The minimum atomic E-state index is -0.466. The second-order valence-electron chi connectivity index (χ2n) is 4.62. The van der Waals surface area contributed by atoms with Gasteiger partial charge < -0.3 is 10.1 Å². The number of thiocarbonyl (C=S) groups is 1. The quantitative estimate of drug-likeness (QED) is 0.508. The molecule has 0 unspecified atom stereocenters. The molecule has 0 aliphatic rings. The van der Waals surface area contributed by atoms with E-state index < -0.39 is 5.82 Å². The molecule has 7 heteroatoms. The number of methoxy groups -OCH3 is 1. The lowest BCUT2D eigenvalue weighted by Crippen LogP contribution is -2.25. The van der Waals surface area contributed by atoms with Crippen molar-refractivity contribution in [3.8, 4) is 5.75 Å². The smallest absolute Gasteiger partial charge is 0.191 e. The first-order valence-corrected chi connectivity index (χ1v) is 7.11. The molecule has 0 radical (unpaired) electrons. The molecule has 23 heavy (non-hydrogen) atoms. The van der Waals surface area contributed by atoms with Crippen LogP contribution in [0, 0.1) is 11.6 Å². The van der Waals surface area contributed by atoms with Crippen LogP contribution in [0.25, 0.3) is 0 Å². The normalized spacial score (nSPS) is 11.0. The third-order valence-electron chi connectivity index (χ3n) is 3.00. The van der Waals surface area contributed by atoms with Gasteiger partial charge in [-0.15, -0.1) is 0 Å². The molecule has 0 fully saturated rings. The van der Waals surface area contributed by atoms with Crippen molar-refractivity contribution in [3.05, 3.63) is 59.7 Å². The zero-order valence-electron chi connectivity index (χ0n) is 12.6. The van der Waals surface area contributed by atoms with Crippen LogP contribution < -0.4 is 15.5 Å². The number of nitrogens with zero attached hydrogens (tertiary/aromatic N) is 1. The van der Waals surface area contributed by atoms with Crippen LogP contribution in [0.4, 0.5) is 14.5 Å². The van der Waals surface area contributed by atoms with Gasteiger partial charge in [-0.1, -0.05) is 0 Å². The van der Waals surface area contributed by atoms with Crippen molar-refractivity contribution in [2.24, 2.45) is 5.10 Å². The molecule has 0 atom stereocenters. The SMILES string of the molecule is COc1ccc(/C(C)=N\NC(=S)Nc2ccc(F)cc2)cc1F. The monoisotopic (exact) mass is 335 g/mol. The van der Waals surface area contributed by atoms with Crippen LogP contribution in [-0.2, 0) is 0 Å². The summed E-state index contributed by atoms with van der Waals surface area (Å²) in [6, 6.07) is 10.3. The Hall–Kier alpha value is -2.54. The van der Waals surface area contributed by atoms with Crippen LogP contribution >= 0.6 is 12.2 Å². The summed E-state index contributed by atoms with van der Waals surface area (Å²) in [5, 5.41) is 7.18. The fourth-order valence-corrected chi connectivity index (χ4v) is 1.95. The van der Waals surface area contributed by atoms with E-state index in [4.69, 9.17) is 17.0 Å². The summed E-state index contributed by atoms with van der Waals surface area (Å²) in [5.74, 6) is -0.626. The molecular formula is C16H15F2N3OS. The van der Waals surface area contributed by atoms with Crippen molar-refractivity contribution < 1.29 is 13.5 Å². The Morgan fingerprint density at radius 3 is 2.43 bits per heavy atom. The second-order valence-corrected chi connectivity index (χ2v) is 5.03. The maximum Gasteiger partial charge on any atom is 0.191 e. The van der Waals surface area contributed by atoms with Gasteiger partial charge in [0.1, 0.15) is 5.82 Å². The van der Waals surface area contributed by atoms with Gasteiger partial charge in [0.25, 0.3) is 0 Å². The number of rotatable bonds is 4. The van der Waals surface area contributed by atoms with Gasteiger partial charge in [0.15, 0.2) is 16.7 Å². The molecule has 120 valence electrons. The van der Waals surface area contributed by atoms with E-state index in [-0.39, 0.29) is 16.7 Å². The van der Waals surface area contributed by atoms with Crippen LogP contribution in [0.15, 0.2) is 47.6 Å². The molecule has 0 bridgehead atoms. The van der Waals surface area contributed by atoms with E-state index in [9.17, 15) is 8.78 Å². The summed E-state index contributed by atoms with van der Waals surface area (Å²) >= 11 is 5.09. The zero-order chi connectivity index (χ0) is 16.8. The number of hydrogen-bond donors (Lipinski definition) is 2. The highest BCUT2D eigenvalue weighted by Crippen LogP contribution is 2.18. The predicted molar refractivity (Wildman–Crippen MR) is 90.9 cm³/mol. The summed E-state index contributed by atoms with van der Waals surface area (Å²) in [6.07, 6.45) is 0. The molecule has 0 saturated carbocycles. The molecule has 0 aromatic heterocycles. The maximum atomic E-state index is 13.7. The van der Waals surface area contributed by atoms with Crippen LogP contribution in [0.5, 0.6) is 5.75 Å². The van der Waals surface area contributed by atoms with Crippen LogP contribution in [-0.4, -0.2) is 17.9 Å². The van der Waals surface area contributed by atoms with Gasteiger partial charge in [0.2, 0.25) is 0 Å². The van der Waals surface area contributed by atoms with Crippen molar-refractivity contribution in [3.63, 3.8) is 0 Å². The minimum Gasteiger partial charge on any atom is -0.494 e. The fourth-order valence-electron chi connectivity index (χ4n) is 1.78. The lowest BCUT2D eigenvalue weighted by molar-refractivity contribution is 0.386.